The van der Waals surface area contributed by atoms with E-state index in [9.17, 15) is 5.11 Å². The van der Waals surface area contributed by atoms with E-state index in [0.717, 1.165) is 32.7 Å². The van der Waals surface area contributed by atoms with E-state index in [1.54, 1.807) is 0 Å². The molecule has 0 aromatic carbocycles. The highest BCUT2D eigenvalue weighted by molar-refractivity contribution is 4.88. The first-order chi connectivity index (χ1) is 8.81. The number of aliphatic hydroxyl groups is 1. The Kier molecular flexibility index (Phi) is 5.89. The molecule has 1 saturated heterocycles. The third kappa shape index (κ3) is 3.92. The molecular weight excluding hydrogens is 228 g/mol. The second kappa shape index (κ2) is 7.43. The van der Waals surface area contributed by atoms with Crippen molar-refractivity contribution in [2.24, 2.45) is 0 Å². The van der Waals surface area contributed by atoms with Crippen LogP contribution in [0.2, 0.25) is 0 Å². The quantitative estimate of drug-likeness (QED) is 0.696. The van der Waals surface area contributed by atoms with Crippen molar-refractivity contribution in [3.63, 3.8) is 0 Å². The van der Waals surface area contributed by atoms with Crippen molar-refractivity contribution in [3.05, 3.63) is 0 Å². The smallest absolute Gasteiger partial charge is 0.0791 e. The van der Waals surface area contributed by atoms with E-state index >= 15 is 0 Å². The van der Waals surface area contributed by atoms with E-state index in [2.05, 4.69) is 17.1 Å². The van der Waals surface area contributed by atoms with Crippen LogP contribution in [-0.2, 0) is 4.74 Å². The van der Waals surface area contributed by atoms with Crippen LogP contribution in [0.25, 0.3) is 0 Å². The lowest BCUT2D eigenvalue weighted by Crippen LogP contribution is -2.55. The molecule has 0 aromatic heterocycles. The first-order valence-electron chi connectivity index (χ1n) is 7.55. The fraction of sp³-hybridized carbons (Fsp3) is 1.00. The van der Waals surface area contributed by atoms with E-state index in [1.165, 1.54) is 25.7 Å². The zero-order valence-corrected chi connectivity index (χ0v) is 11.6. The van der Waals surface area contributed by atoms with E-state index in [1.807, 2.05) is 0 Å². The molecule has 2 fully saturated rings. The lowest BCUT2D eigenvalue weighted by molar-refractivity contribution is -0.0968. The first-order valence-corrected chi connectivity index (χ1v) is 7.55. The fourth-order valence-electron chi connectivity index (χ4n) is 3.18. The van der Waals surface area contributed by atoms with E-state index in [4.69, 9.17) is 4.74 Å². The monoisotopic (exact) mass is 256 g/mol. The molecule has 2 N–H and O–H groups in total. The van der Waals surface area contributed by atoms with Gasteiger partial charge in [-0.05, 0) is 25.8 Å². The van der Waals surface area contributed by atoms with Crippen LogP contribution >= 0.6 is 0 Å². The van der Waals surface area contributed by atoms with Gasteiger partial charge in [0, 0.05) is 25.7 Å². The van der Waals surface area contributed by atoms with Crippen LogP contribution in [0.15, 0.2) is 0 Å². The average Bonchev–Trinajstić information content (AvgIpc) is 2.39. The van der Waals surface area contributed by atoms with E-state index in [-0.39, 0.29) is 6.10 Å². The van der Waals surface area contributed by atoms with Gasteiger partial charge in [-0.15, -0.1) is 0 Å². The number of hydrogen-bond acceptors (Lipinski definition) is 4. The molecule has 0 radical (unpaired) electrons. The molecule has 0 amide bonds. The summed E-state index contributed by atoms with van der Waals surface area (Å²) in [5, 5.41) is 13.4. The number of fused-ring (bicyclic) bond motifs is 1. The topological polar surface area (TPSA) is 44.7 Å². The molecule has 1 saturated carbocycles. The molecule has 106 valence electrons. The van der Waals surface area contributed by atoms with Gasteiger partial charge in [-0.25, -0.2) is 0 Å². The third-order valence-electron chi connectivity index (χ3n) is 4.10. The molecule has 18 heavy (non-hydrogen) atoms. The summed E-state index contributed by atoms with van der Waals surface area (Å²) in [6.45, 7) is 6.45. The summed E-state index contributed by atoms with van der Waals surface area (Å²) in [5.74, 6) is 0. The third-order valence-corrected chi connectivity index (χ3v) is 4.10. The van der Waals surface area contributed by atoms with Crippen LogP contribution in [-0.4, -0.2) is 61.0 Å². The molecule has 3 atom stereocenters. The molecule has 3 unspecified atom stereocenters. The Morgan fingerprint density at radius 3 is 3.06 bits per heavy atom. The summed E-state index contributed by atoms with van der Waals surface area (Å²) in [7, 11) is 0. The van der Waals surface area contributed by atoms with Gasteiger partial charge < -0.3 is 15.2 Å². The summed E-state index contributed by atoms with van der Waals surface area (Å²) < 4.78 is 5.85. The molecule has 1 aliphatic carbocycles. The number of nitrogens with zero attached hydrogens (tertiary/aromatic N) is 1. The number of nitrogens with one attached hydrogen (secondary N) is 1. The zero-order valence-electron chi connectivity index (χ0n) is 11.6. The second-order valence-corrected chi connectivity index (χ2v) is 5.61. The van der Waals surface area contributed by atoms with E-state index in [0.29, 0.717) is 18.7 Å². The normalized spacial score (nSPS) is 31.0. The molecule has 0 spiro atoms. The summed E-state index contributed by atoms with van der Waals surface area (Å²) >= 11 is 0. The lowest BCUT2D eigenvalue weighted by atomic mass is 9.90. The molecule has 1 aliphatic heterocycles. The minimum Gasteiger partial charge on any atom is -0.390 e. The molecule has 4 heteroatoms. The van der Waals surface area contributed by atoms with Crippen LogP contribution in [0.1, 0.15) is 39.0 Å². The standard InChI is InChI=1S/C14H28N2O2/c1-2-7-15-10-12(17)11-16-8-9-18-14-6-4-3-5-13(14)16/h12-15,17H,2-11H2,1H3. The highest BCUT2D eigenvalue weighted by atomic mass is 16.5. The van der Waals surface area contributed by atoms with Crippen LogP contribution in [0.3, 0.4) is 0 Å². The molecule has 2 aliphatic rings. The molecule has 4 nitrogen and oxygen atoms in total. The molecule has 0 aromatic rings. The van der Waals surface area contributed by atoms with E-state index < -0.39 is 0 Å². The van der Waals surface area contributed by atoms with Gasteiger partial charge >= 0.3 is 0 Å². The molecule has 1 heterocycles. The zero-order chi connectivity index (χ0) is 12.8. The Hall–Kier alpha value is -0.160. The summed E-state index contributed by atoms with van der Waals surface area (Å²) in [5.41, 5.74) is 0. The predicted molar refractivity (Wildman–Crippen MR) is 72.7 cm³/mol. The second-order valence-electron chi connectivity index (χ2n) is 5.61. The Balaban J connectivity index is 1.76. The van der Waals surface area contributed by atoms with Crippen molar-refractivity contribution in [2.45, 2.75) is 57.3 Å². The Morgan fingerprint density at radius 2 is 2.22 bits per heavy atom. The van der Waals surface area contributed by atoms with Gasteiger partial charge in [0.25, 0.3) is 0 Å². The van der Waals surface area contributed by atoms with Gasteiger partial charge in [0.1, 0.15) is 0 Å². The van der Waals surface area contributed by atoms with Crippen molar-refractivity contribution in [1.82, 2.24) is 10.2 Å². The summed E-state index contributed by atoms with van der Waals surface area (Å²) in [6.07, 6.45) is 6.33. The van der Waals surface area contributed by atoms with Crippen molar-refractivity contribution >= 4 is 0 Å². The van der Waals surface area contributed by atoms with Gasteiger partial charge in [0.2, 0.25) is 0 Å². The Labute approximate surface area is 111 Å². The minimum atomic E-state index is -0.253. The van der Waals surface area contributed by atoms with Crippen LogP contribution in [0, 0.1) is 0 Å². The maximum atomic E-state index is 10.1. The number of morpholine rings is 1. The number of hydrogen-bond donors (Lipinski definition) is 2. The number of rotatable bonds is 6. The summed E-state index contributed by atoms with van der Waals surface area (Å²) in [6, 6.07) is 0.549. The van der Waals surface area contributed by atoms with Crippen molar-refractivity contribution in [1.29, 1.82) is 0 Å². The summed E-state index contributed by atoms with van der Waals surface area (Å²) in [4.78, 5) is 2.45. The van der Waals surface area contributed by atoms with Crippen LogP contribution < -0.4 is 5.32 Å². The maximum Gasteiger partial charge on any atom is 0.0791 e. The molecular formula is C14H28N2O2. The molecule has 2 rings (SSSR count). The number of aliphatic hydroxyl groups excluding tert-OH is 1. The Bertz CT molecular complexity index is 236. The lowest BCUT2D eigenvalue weighted by Gasteiger charge is -2.44. The van der Waals surface area contributed by atoms with Gasteiger partial charge in [-0.3, -0.25) is 4.90 Å². The van der Waals surface area contributed by atoms with Gasteiger partial charge in [0.05, 0.1) is 18.8 Å². The fourth-order valence-corrected chi connectivity index (χ4v) is 3.18. The highest BCUT2D eigenvalue weighted by Gasteiger charge is 2.34. The minimum absolute atomic E-state index is 0.253. The van der Waals surface area contributed by atoms with Crippen LogP contribution in [0.5, 0.6) is 0 Å². The largest absolute Gasteiger partial charge is 0.390 e. The maximum absolute atomic E-state index is 10.1. The average molecular weight is 256 g/mol. The number of ether oxygens (including phenoxy) is 1. The van der Waals surface area contributed by atoms with Gasteiger partial charge in [-0.2, -0.15) is 0 Å². The first kappa shape index (κ1) is 14.3. The van der Waals surface area contributed by atoms with Crippen molar-refractivity contribution in [2.75, 3.05) is 32.8 Å². The van der Waals surface area contributed by atoms with Crippen molar-refractivity contribution in [3.8, 4) is 0 Å². The SMILES string of the molecule is CCCNCC(O)CN1CCOC2CCCCC21. The molecule has 0 bridgehead atoms. The van der Waals surface area contributed by atoms with Gasteiger partial charge in [-0.1, -0.05) is 19.8 Å². The number of β-amino-alcohol motifs (C(OH)–C–C–N with tert-alkyl or cyclic N) is 1. The Morgan fingerprint density at radius 1 is 1.39 bits per heavy atom. The van der Waals surface area contributed by atoms with Gasteiger partial charge in [0.15, 0.2) is 0 Å². The highest BCUT2D eigenvalue weighted by Crippen LogP contribution is 2.28. The van der Waals surface area contributed by atoms with Crippen LogP contribution in [0.4, 0.5) is 0 Å². The predicted octanol–water partition coefficient (Wildman–Crippen LogP) is 0.990. The van der Waals surface area contributed by atoms with Crippen molar-refractivity contribution < 1.29 is 9.84 Å².